The smallest absolute Gasteiger partial charge is 0.138 e. The van der Waals surface area contributed by atoms with Crippen molar-refractivity contribution < 1.29 is 4.74 Å². The molecule has 17 heavy (non-hydrogen) atoms. The maximum Gasteiger partial charge on any atom is 0.138 e. The van der Waals surface area contributed by atoms with Crippen LogP contribution in [0.15, 0.2) is 30.7 Å². The standard InChI is InChI=1S/C12H16N4O/c1-9(2)16-12(11(13)7-15-16)8-17-10-4-3-5-14-6-10/h3-7,9H,8,13H2,1-2H3. The Hall–Kier alpha value is -2.04. The molecule has 0 bridgehead atoms. The average molecular weight is 232 g/mol. The van der Waals surface area contributed by atoms with Crippen molar-refractivity contribution >= 4 is 5.69 Å². The van der Waals surface area contributed by atoms with Crippen LogP contribution in [-0.2, 0) is 6.61 Å². The summed E-state index contributed by atoms with van der Waals surface area (Å²) in [6.07, 6.45) is 5.04. The summed E-state index contributed by atoms with van der Waals surface area (Å²) >= 11 is 0. The first-order chi connectivity index (χ1) is 8.18. The number of anilines is 1. The number of nitrogen functional groups attached to an aromatic ring is 1. The molecule has 2 rings (SSSR count). The van der Waals surface area contributed by atoms with Gasteiger partial charge in [-0.15, -0.1) is 0 Å². The molecular weight excluding hydrogens is 216 g/mol. The molecule has 0 saturated heterocycles. The second kappa shape index (κ2) is 4.86. The zero-order valence-electron chi connectivity index (χ0n) is 10.00. The quantitative estimate of drug-likeness (QED) is 0.875. The van der Waals surface area contributed by atoms with Gasteiger partial charge in [0.05, 0.1) is 23.8 Å². The summed E-state index contributed by atoms with van der Waals surface area (Å²) < 4.78 is 7.49. The van der Waals surface area contributed by atoms with Gasteiger partial charge in [0.1, 0.15) is 12.4 Å². The Kier molecular flexibility index (Phi) is 3.27. The van der Waals surface area contributed by atoms with Crippen molar-refractivity contribution in [3.8, 4) is 5.75 Å². The van der Waals surface area contributed by atoms with Crippen LogP contribution in [0.3, 0.4) is 0 Å². The summed E-state index contributed by atoms with van der Waals surface area (Å²) in [6.45, 7) is 4.51. The summed E-state index contributed by atoms with van der Waals surface area (Å²) in [5, 5.41) is 4.22. The lowest BCUT2D eigenvalue weighted by molar-refractivity contribution is 0.287. The van der Waals surface area contributed by atoms with Gasteiger partial charge >= 0.3 is 0 Å². The van der Waals surface area contributed by atoms with Gasteiger partial charge in [0.2, 0.25) is 0 Å². The van der Waals surface area contributed by atoms with Crippen LogP contribution >= 0.6 is 0 Å². The van der Waals surface area contributed by atoms with Gasteiger partial charge < -0.3 is 10.5 Å². The van der Waals surface area contributed by atoms with Crippen molar-refractivity contribution in [1.29, 1.82) is 0 Å². The molecule has 90 valence electrons. The lowest BCUT2D eigenvalue weighted by atomic mass is 10.3. The fourth-order valence-corrected chi connectivity index (χ4v) is 1.58. The molecule has 0 amide bonds. The second-order valence-corrected chi connectivity index (χ2v) is 4.06. The molecule has 0 aliphatic heterocycles. The van der Waals surface area contributed by atoms with E-state index in [0.717, 1.165) is 11.4 Å². The van der Waals surface area contributed by atoms with Gasteiger partial charge in [0.25, 0.3) is 0 Å². The predicted molar refractivity (Wildman–Crippen MR) is 65.6 cm³/mol. The first-order valence-electron chi connectivity index (χ1n) is 5.53. The lowest BCUT2D eigenvalue weighted by Crippen LogP contribution is -2.11. The minimum atomic E-state index is 0.264. The number of hydrogen-bond donors (Lipinski definition) is 1. The van der Waals surface area contributed by atoms with Crippen LogP contribution in [0.1, 0.15) is 25.6 Å². The molecule has 0 aliphatic rings. The molecule has 0 atom stereocenters. The van der Waals surface area contributed by atoms with E-state index in [9.17, 15) is 0 Å². The maximum atomic E-state index is 5.86. The number of nitrogens with two attached hydrogens (primary N) is 1. The molecule has 0 aromatic carbocycles. The first-order valence-corrected chi connectivity index (χ1v) is 5.53. The van der Waals surface area contributed by atoms with Gasteiger partial charge in [-0.3, -0.25) is 9.67 Å². The van der Waals surface area contributed by atoms with Gasteiger partial charge in [-0.1, -0.05) is 0 Å². The number of hydrogen-bond acceptors (Lipinski definition) is 4. The Balaban J connectivity index is 2.11. The summed E-state index contributed by atoms with van der Waals surface area (Å²) in [6, 6.07) is 3.96. The zero-order valence-corrected chi connectivity index (χ0v) is 10.00. The number of aromatic nitrogens is 3. The Labute approximate surface area is 100 Å². The molecule has 0 spiro atoms. The van der Waals surface area contributed by atoms with Crippen molar-refractivity contribution in [2.45, 2.75) is 26.5 Å². The SMILES string of the molecule is CC(C)n1ncc(N)c1COc1cccnc1. The second-order valence-electron chi connectivity index (χ2n) is 4.06. The number of rotatable bonds is 4. The van der Waals surface area contributed by atoms with E-state index in [1.807, 2.05) is 16.8 Å². The topological polar surface area (TPSA) is 66.0 Å². The van der Waals surface area contributed by atoms with Gasteiger partial charge in [-0.2, -0.15) is 5.10 Å². The highest BCUT2D eigenvalue weighted by molar-refractivity contribution is 5.41. The molecule has 2 aromatic heterocycles. The van der Waals surface area contributed by atoms with Gasteiger partial charge in [-0.05, 0) is 26.0 Å². The maximum absolute atomic E-state index is 5.86. The Morgan fingerprint density at radius 2 is 2.24 bits per heavy atom. The van der Waals surface area contributed by atoms with Gasteiger partial charge in [0, 0.05) is 12.2 Å². The highest BCUT2D eigenvalue weighted by Gasteiger charge is 2.11. The third-order valence-electron chi connectivity index (χ3n) is 2.43. The van der Waals surface area contributed by atoms with E-state index in [1.54, 1.807) is 18.6 Å². The van der Waals surface area contributed by atoms with Gasteiger partial charge in [0.15, 0.2) is 0 Å². The van der Waals surface area contributed by atoms with Crippen LogP contribution in [0.4, 0.5) is 5.69 Å². The lowest BCUT2D eigenvalue weighted by Gasteiger charge is -2.12. The Bertz CT molecular complexity index is 479. The summed E-state index contributed by atoms with van der Waals surface area (Å²) in [4.78, 5) is 3.99. The van der Waals surface area contributed by atoms with Crippen LogP contribution in [0.5, 0.6) is 5.75 Å². The van der Waals surface area contributed by atoms with E-state index in [0.29, 0.717) is 12.3 Å². The molecule has 0 saturated carbocycles. The van der Waals surface area contributed by atoms with Crippen molar-refractivity contribution in [1.82, 2.24) is 14.8 Å². The van der Waals surface area contributed by atoms with Crippen molar-refractivity contribution in [2.24, 2.45) is 0 Å². The number of pyridine rings is 1. The van der Waals surface area contributed by atoms with E-state index in [1.165, 1.54) is 0 Å². The third kappa shape index (κ3) is 2.55. The van der Waals surface area contributed by atoms with E-state index in [4.69, 9.17) is 10.5 Å². The third-order valence-corrected chi connectivity index (χ3v) is 2.43. The van der Waals surface area contributed by atoms with E-state index >= 15 is 0 Å². The molecule has 0 aliphatic carbocycles. The molecule has 5 nitrogen and oxygen atoms in total. The van der Waals surface area contributed by atoms with Crippen LogP contribution in [0, 0.1) is 0 Å². The predicted octanol–water partition coefficient (Wildman–Crippen LogP) is 2.02. The highest BCUT2D eigenvalue weighted by Crippen LogP contribution is 2.18. The van der Waals surface area contributed by atoms with E-state index in [-0.39, 0.29) is 6.04 Å². The first kappa shape index (κ1) is 11.4. The number of nitrogens with zero attached hydrogens (tertiary/aromatic N) is 3. The molecule has 2 heterocycles. The van der Waals surface area contributed by atoms with Crippen LogP contribution in [0.25, 0.3) is 0 Å². The minimum Gasteiger partial charge on any atom is -0.486 e. The van der Waals surface area contributed by atoms with Crippen molar-refractivity contribution in [3.63, 3.8) is 0 Å². The molecule has 2 N–H and O–H groups in total. The van der Waals surface area contributed by atoms with E-state index in [2.05, 4.69) is 23.9 Å². The summed E-state index contributed by atoms with van der Waals surface area (Å²) in [7, 11) is 0. The largest absolute Gasteiger partial charge is 0.486 e. The molecule has 0 fully saturated rings. The van der Waals surface area contributed by atoms with Gasteiger partial charge in [-0.25, -0.2) is 0 Å². The fraction of sp³-hybridized carbons (Fsp3) is 0.333. The number of ether oxygens (including phenoxy) is 1. The fourth-order valence-electron chi connectivity index (χ4n) is 1.58. The minimum absolute atomic E-state index is 0.264. The highest BCUT2D eigenvalue weighted by atomic mass is 16.5. The average Bonchev–Trinajstić information content (AvgIpc) is 2.69. The zero-order chi connectivity index (χ0) is 12.3. The molecule has 5 heteroatoms. The van der Waals surface area contributed by atoms with E-state index < -0.39 is 0 Å². The van der Waals surface area contributed by atoms with Crippen LogP contribution < -0.4 is 10.5 Å². The molecule has 0 radical (unpaired) electrons. The monoisotopic (exact) mass is 232 g/mol. The normalized spacial score (nSPS) is 10.8. The Morgan fingerprint density at radius 1 is 1.41 bits per heavy atom. The molecule has 0 unspecified atom stereocenters. The Morgan fingerprint density at radius 3 is 2.88 bits per heavy atom. The van der Waals surface area contributed by atoms with Crippen molar-refractivity contribution in [3.05, 3.63) is 36.4 Å². The molecule has 2 aromatic rings. The molecular formula is C12H16N4O. The summed E-state index contributed by atoms with van der Waals surface area (Å²) in [5.41, 5.74) is 7.41. The summed E-state index contributed by atoms with van der Waals surface area (Å²) in [5.74, 6) is 0.725. The van der Waals surface area contributed by atoms with Crippen molar-refractivity contribution in [2.75, 3.05) is 5.73 Å². The van der Waals surface area contributed by atoms with Crippen LogP contribution in [0.2, 0.25) is 0 Å². The van der Waals surface area contributed by atoms with Crippen LogP contribution in [-0.4, -0.2) is 14.8 Å².